The summed E-state index contributed by atoms with van der Waals surface area (Å²) in [5.41, 5.74) is 2.31. The zero-order valence-electron chi connectivity index (χ0n) is 15.0. The zero-order chi connectivity index (χ0) is 16.8. The van der Waals surface area contributed by atoms with Crippen LogP contribution in [-0.2, 0) is 13.0 Å². The van der Waals surface area contributed by atoms with Crippen LogP contribution in [0.5, 0.6) is 11.5 Å². The van der Waals surface area contributed by atoms with Crippen LogP contribution in [0.3, 0.4) is 0 Å². The van der Waals surface area contributed by atoms with Crippen molar-refractivity contribution >= 4 is 5.96 Å². The molecule has 0 fully saturated rings. The van der Waals surface area contributed by atoms with Crippen LogP contribution in [0, 0.1) is 0 Å². The fraction of sp³-hybridized carbons (Fsp3) is 0.611. The van der Waals surface area contributed by atoms with Crippen molar-refractivity contribution in [3.05, 3.63) is 23.3 Å². The SMILES string of the molecule is CCCCN(C)C(=NC)NCc1cc2c(cc1OC)CC(C)O2. The van der Waals surface area contributed by atoms with Crippen LogP contribution in [0.1, 0.15) is 37.8 Å². The smallest absolute Gasteiger partial charge is 0.193 e. The lowest BCUT2D eigenvalue weighted by Crippen LogP contribution is -2.39. The van der Waals surface area contributed by atoms with Crippen LogP contribution >= 0.6 is 0 Å². The normalized spacial score (nSPS) is 16.7. The third-order valence-corrected chi connectivity index (χ3v) is 4.16. The molecule has 1 aromatic carbocycles. The quantitative estimate of drug-likeness (QED) is 0.647. The van der Waals surface area contributed by atoms with Gasteiger partial charge in [0.15, 0.2) is 5.96 Å². The number of nitrogens with one attached hydrogen (secondary N) is 1. The summed E-state index contributed by atoms with van der Waals surface area (Å²) < 4.78 is 11.4. The van der Waals surface area contributed by atoms with Crippen LogP contribution in [0.4, 0.5) is 0 Å². The Labute approximate surface area is 139 Å². The molecule has 0 spiro atoms. The van der Waals surface area contributed by atoms with Crippen molar-refractivity contribution in [1.82, 2.24) is 10.2 Å². The molecule has 0 bridgehead atoms. The summed E-state index contributed by atoms with van der Waals surface area (Å²) >= 11 is 0. The Balaban J connectivity index is 2.06. The first-order valence-corrected chi connectivity index (χ1v) is 8.37. The van der Waals surface area contributed by atoms with Gasteiger partial charge in [-0.05, 0) is 25.5 Å². The molecule has 1 N–H and O–H groups in total. The van der Waals surface area contributed by atoms with E-state index in [1.54, 1.807) is 7.11 Å². The summed E-state index contributed by atoms with van der Waals surface area (Å²) in [5, 5.41) is 3.41. The van der Waals surface area contributed by atoms with E-state index in [1.807, 2.05) is 7.05 Å². The Hall–Kier alpha value is -1.91. The van der Waals surface area contributed by atoms with Crippen molar-refractivity contribution in [2.24, 2.45) is 4.99 Å². The molecule has 1 aliphatic rings. The molecule has 23 heavy (non-hydrogen) atoms. The van der Waals surface area contributed by atoms with Gasteiger partial charge in [-0.1, -0.05) is 13.3 Å². The lowest BCUT2D eigenvalue weighted by atomic mass is 10.1. The van der Waals surface area contributed by atoms with E-state index in [9.17, 15) is 0 Å². The van der Waals surface area contributed by atoms with E-state index in [-0.39, 0.29) is 6.10 Å². The standard InChI is InChI=1S/C18H29N3O2/c1-6-7-8-21(4)18(19-3)20-12-15-11-17-14(9-13(2)23-17)10-16(15)22-5/h10-11,13H,6-9,12H2,1-5H3,(H,19,20). The number of nitrogens with zero attached hydrogens (tertiary/aromatic N) is 2. The second-order valence-electron chi connectivity index (χ2n) is 6.08. The molecule has 5 heteroatoms. The van der Waals surface area contributed by atoms with Gasteiger partial charge in [-0.25, -0.2) is 0 Å². The summed E-state index contributed by atoms with van der Waals surface area (Å²) in [6.07, 6.45) is 3.52. The summed E-state index contributed by atoms with van der Waals surface area (Å²) in [7, 11) is 5.60. The van der Waals surface area contributed by atoms with E-state index >= 15 is 0 Å². The van der Waals surface area contributed by atoms with Gasteiger partial charge in [-0.15, -0.1) is 0 Å². The molecule has 1 unspecified atom stereocenters. The fourth-order valence-corrected chi connectivity index (χ4v) is 2.87. The third-order valence-electron chi connectivity index (χ3n) is 4.16. The number of methoxy groups -OCH3 is 1. The minimum absolute atomic E-state index is 0.242. The second kappa shape index (κ2) is 8.09. The predicted molar refractivity (Wildman–Crippen MR) is 94.5 cm³/mol. The Morgan fingerprint density at radius 1 is 1.48 bits per heavy atom. The lowest BCUT2D eigenvalue weighted by molar-refractivity contribution is 0.254. The molecular formula is C18H29N3O2. The highest BCUT2D eigenvalue weighted by Crippen LogP contribution is 2.34. The number of hydrogen-bond donors (Lipinski definition) is 1. The van der Waals surface area contributed by atoms with Crippen molar-refractivity contribution in [2.45, 2.75) is 45.8 Å². The van der Waals surface area contributed by atoms with E-state index in [1.165, 1.54) is 12.0 Å². The van der Waals surface area contributed by atoms with E-state index in [2.05, 4.69) is 48.2 Å². The van der Waals surface area contributed by atoms with Crippen molar-refractivity contribution in [1.29, 1.82) is 0 Å². The van der Waals surface area contributed by atoms with Gasteiger partial charge in [0, 0.05) is 44.7 Å². The topological polar surface area (TPSA) is 46.1 Å². The number of ether oxygens (including phenoxy) is 2. The molecular weight excluding hydrogens is 290 g/mol. The number of unbranched alkanes of at least 4 members (excludes halogenated alkanes) is 1. The van der Waals surface area contributed by atoms with Crippen molar-refractivity contribution in [2.75, 3.05) is 27.7 Å². The van der Waals surface area contributed by atoms with Crippen LogP contribution in [0.25, 0.3) is 0 Å². The van der Waals surface area contributed by atoms with Gasteiger partial charge in [0.1, 0.15) is 17.6 Å². The molecule has 1 atom stereocenters. The maximum atomic E-state index is 5.86. The van der Waals surface area contributed by atoms with Crippen LogP contribution in [0.2, 0.25) is 0 Å². The number of rotatable bonds is 6. The number of aliphatic imine (C=N–C) groups is 1. The Bertz CT molecular complexity index is 557. The van der Waals surface area contributed by atoms with Crippen molar-refractivity contribution in [3.8, 4) is 11.5 Å². The highest BCUT2D eigenvalue weighted by molar-refractivity contribution is 5.79. The molecule has 0 saturated carbocycles. The maximum Gasteiger partial charge on any atom is 0.193 e. The molecule has 5 nitrogen and oxygen atoms in total. The third kappa shape index (κ3) is 4.30. The van der Waals surface area contributed by atoms with E-state index in [0.29, 0.717) is 6.54 Å². The zero-order valence-corrected chi connectivity index (χ0v) is 15.0. The molecule has 0 aromatic heterocycles. The predicted octanol–water partition coefficient (Wildman–Crippen LogP) is 2.83. The molecule has 1 heterocycles. The van der Waals surface area contributed by atoms with Gasteiger partial charge in [0.2, 0.25) is 0 Å². The maximum absolute atomic E-state index is 5.86. The summed E-state index contributed by atoms with van der Waals surface area (Å²) in [4.78, 5) is 6.51. The molecule has 0 radical (unpaired) electrons. The first kappa shape index (κ1) is 17.4. The molecule has 128 valence electrons. The minimum atomic E-state index is 0.242. The first-order chi connectivity index (χ1) is 11.1. The Morgan fingerprint density at radius 3 is 2.91 bits per heavy atom. The summed E-state index contributed by atoms with van der Waals surface area (Å²) in [6.45, 7) is 5.95. The molecule has 0 saturated heterocycles. The molecule has 1 aromatic rings. The van der Waals surface area contributed by atoms with Crippen molar-refractivity contribution < 1.29 is 9.47 Å². The van der Waals surface area contributed by atoms with Gasteiger partial charge >= 0.3 is 0 Å². The van der Waals surface area contributed by atoms with E-state index in [0.717, 1.165) is 42.4 Å². The molecule has 0 aliphatic carbocycles. The number of guanidine groups is 1. The van der Waals surface area contributed by atoms with E-state index < -0.39 is 0 Å². The fourth-order valence-electron chi connectivity index (χ4n) is 2.87. The summed E-state index contributed by atoms with van der Waals surface area (Å²) in [6, 6.07) is 4.18. The monoisotopic (exact) mass is 319 g/mol. The average molecular weight is 319 g/mol. The van der Waals surface area contributed by atoms with Gasteiger partial charge in [-0.2, -0.15) is 0 Å². The molecule has 0 amide bonds. The van der Waals surface area contributed by atoms with E-state index in [4.69, 9.17) is 9.47 Å². The molecule has 2 rings (SSSR count). The highest BCUT2D eigenvalue weighted by atomic mass is 16.5. The van der Waals surface area contributed by atoms with Crippen molar-refractivity contribution in [3.63, 3.8) is 0 Å². The molecule has 1 aliphatic heterocycles. The van der Waals surface area contributed by atoms with Crippen LogP contribution in [-0.4, -0.2) is 44.7 Å². The largest absolute Gasteiger partial charge is 0.496 e. The summed E-state index contributed by atoms with van der Waals surface area (Å²) in [5.74, 6) is 2.78. The first-order valence-electron chi connectivity index (χ1n) is 8.37. The second-order valence-corrected chi connectivity index (χ2v) is 6.08. The number of hydrogen-bond acceptors (Lipinski definition) is 3. The van der Waals surface area contributed by atoms with Gasteiger partial charge in [-0.3, -0.25) is 4.99 Å². The Morgan fingerprint density at radius 2 is 2.26 bits per heavy atom. The number of fused-ring (bicyclic) bond motifs is 1. The average Bonchev–Trinajstić information content (AvgIpc) is 2.91. The Kier molecular flexibility index (Phi) is 6.13. The van der Waals surface area contributed by atoms with Crippen LogP contribution < -0.4 is 14.8 Å². The van der Waals surface area contributed by atoms with Gasteiger partial charge in [0.25, 0.3) is 0 Å². The number of benzene rings is 1. The lowest BCUT2D eigenvalue weighted by Gasteiger charge is -2.22. The van der Waals surface area contributed by atoms with Crippen LogP contribution in [0.15, 0.2) is 17.1 Å². The van der Waals surface area contributed by atoms with Gasteiger partial charge in [0.05, 0.1) is 7.11 Å². The highest BCUT2D eigenvalue weighted by Gasteiger charge is 2.21. The van der Waals surface area contributed by atoms with Gasteiger partial charge < -0.3 is 19.7 Å². The minimum Gasteiger partial charge on any atom is -0.496 e.